The zero-order valence-corrected chi connectivity index (χ0v) is 12.1. The number of nitrogens with one attached hydrogen (secondary N) is 1. The molecule has 0 bridgehead atoms. The first-order valence-electron chi connectivity index (χ1n) is 6.36. The number of fused-ring (bicyclic) bond motifs is 1. The average molecular weight is 312 g/mol. The molecule has 0 radical (unpaired) electrons. The van der Waals surface area contributed by atoms with Crippen LogP contribution in [0.2, 0.25) is 0 Å². The van der Waals surface area contributed by atoms with Gasteiger partial charge in [-0.2, -0.15) is 0 Å². The zero-order chi connectivity index (χ0) is 13.0. The SMILES string of the molecule is CCOCCC(=O)N[C@@H]1CCc2c(Br)cccc21. The Morgan fingerprint density at radius 3 is 3.17 bits per heavy atom. The van der Waals surface area contributed by atoms with Crippen LogP contribution in [-0.2, 0) is 16.0 Å². The molecular formula is C14H18BrNO2. The molecule has 0 spiro atoms. The van der Waals surface area contributed by atoms with Gasteiger partial charge in [0.15, 0.2) is 0 Å². The smallest absolute Gasteiger partial charge is 0.222 e. The van der Waals surface area contributed by atoms with Gasteiger partial charge in [0.1, 0.15) is 0 Å². The van der Waals surface area contributed by atoms with Crippen molar-refractivity contribution in [1.29, 1.82) is 0 Å². The minimum absolute atomic E-state index is 0.0706. The number of hydrogen-bond acceptors (Lipinski definition) is 2. The molecule has 0 heterocycles. The molecule has 1 aromatic carbocycles. The molecule has 1 aliphatic carbocycles. The van der Waals surface area contributed by atoms with Crippen LogP contribution in [0.4, 0.5) is 0 Å². The van der Waals surface area contributed by atoms with E-state index in [0.717, 1.165) is 17.3 Å². The number of carbonyl (C=O) groups is 1. The third-order valence-electron chi connectivity index (χ3n) is 3.23. The van der Waals surface area contributed by atoms with Crippen molar-refractivity contribution >= 4 is 21.8 Å². The topological polar surface area (TPSA) is 38.3 Å². The van der Waals surface area contributed by atoms with Crippen LogP contribution in [0.15, 0.2) is 22.7 Å². The molecule has 1 N–H and O–H groups in total. The van der Waals surface area contributed by atoms with E-state index < -0.39 is 0 Å². The summed E-state index contributed by atoms with van der Waals surface area (Å²) >= 11 is 3.56. The van der Waals surface area contributed by atoms with Gasteiger partial charge in [0.05, 0.1) is 12.6 Å². The molecule has 0 saturated heterocycles. The van der Waals surface area contributed by atoms with E-state index in [2.05, 4.69) is 33.4 Å². The van der Waals surface area contributed by atoms with E-state index in [4.69, 9.17) is 4.74 Å². The fourth-order valence-electron chi connectivity index (χ4n) is 2.34. The second kappa shape index (κ2) is 6.34. The maximum absolute atomic E-state index is 11.8. The van der Waals surface area contributed by atoms with Crippen molar-refractivity contribution in [3.05, 3.63) is 33.8 Å². The molecule has 0 fully saturated rings. The Morgan fingerprint density at radius 2 is 2.39 bits per heavy atom. The first-order valence-corrected chi connectivity index (χ1v) is 7.16. The lowest BCUT2D eigenvalue weighted by molar-refractivity contribution is -0.122. The molecule has 1 aliphatic rings. The van der Waals surface area contributed by atoms with Crippen molar-refractivity contribution in [3.8, 4) is 0 Å². The number of benzene rings is 1. The Hall–Kier alpha value is -0.870. The molecule has 0 unspecified atom stereocenters. The molecule has 4 heteroatoms. The average Bonchev–Trinajstić information content (AvgIpc) is 2.74. The molecule has 1 amide bonds. The van der Waals surface area contributed by atoms with Gasteiger partial charge < -0.3 is 10.1 Å². The molecule has 0 saturated carbocycles. The summed E-state index contributed by atoms with van der Waals surface area (Å²) in [7, 11) is 0. The highest BCUT2D eigenvalue weighted by Gasteiger charge is 2.24. The van der Waals surface area contributed by atoms with Crippen molar-refractivity contribution < 1.29 is 9.53 Å². The number of amides is 1. The van der Waals surface area contributed by atoms with Crippen molar-refractivity contribution in [3.63, 3.8) is 0 Å². The molecule has 0 aromatic heterocycles. The lowest BCUT2D eigenvalue weighted by atomic mass is 10.1. The maximum Gasteiger partial charge on any atom is 0.222 e. The van der Waals surface area contributed by atoms with Crippen LogP contribution in [0.1, 0.15) is 36.9 Å². The normalized spacial score (nSPS) is 17.6. The number of ether oxygens (including phenoxy) is 1. The highest BCUT2D eigenvalue weighted by atomic mass is 79.9. The van der Waals surface area contributed by atoms with Gasteiger partial charge in [-0.3, -0.25) is 4.79 Å². The zero-order valence-electron chi connectivity index (χ0n) is 10.5. The fourth-order valence-corrected chi connectivity index (χ4v) is 2.92. The summed E-state index contributed by atoms with van der Waals surface area (Å²) in [5.74, 6) is 0.0706. The van der Waals surface area contributed by atoms with E-state index in [0.29, 0.717) is 19.6 Å². The van der Waals surface area contributed by atoms with Crippen LogP contribution < -0.4 is 5.32 Å². The van der Waals surface area contributed by atoms with Crippen LogP contribution in [0.5, 0.6) is 0 Å². The Kier molecular flexibility index (Phi) is 4.78. The Labute approximate surface area is 116 Å². The first kappa shape index (κ1) is 13.6. The lowest BCUT2D eigenvalue weighted by Gasteiger charge is -2.14. The number of rotatable bonds is 5. The Bertz CT molecular complexity index is 434. The van der Waals surface area contributed by atoms with E-state index in [9.17, 15) is 4.79 Å². The molecule has 1 atom stereocenters. The second-order valence-electron chi connectivity index (χ2n) is 4.41. The summed E-state index contributed by atoms with van der Waals surface area (Å²) in [6.07, 6.45) is 2.44. The van der Waals surface area contributed by atoms with Crippen LogP contribution in [0.3, 0.4) is 0 Å². The maximum atomic E-state index is 11.8. The summed E-state index contributed by atoms with van der Waals surface area (Å²) < 4.78 is 6.33. The number of hydrogen-bond donors (Lipinski definition) is 1. The fraction of sp³-hybridized carbons (Fsp3) is 0.500. The van der Waals surface area contributed by atoms with E-state index in [1.807, 2.05) is 13.0 Å². The summed E-state index contributed by atoms with van der Waals surface area (Å²) in [5, 5.41) is 3.08. The summed E-state index contributed by atoms with van der Waals surface area (Å²) in [4.78, 5) is 11.8. The van der Waals surface area contributed by atoms with Gasteiger partial charge in [-0.1, -0.05) is 28.1 Å². The molecule has 98 valence electrons. The highest BCUT2D eigenvalue weighted by Crippen LogP contribution is 2.35. The highest BCUT2D eigenvalue weighted by molar-refractivity contribution is 9.10. The third-order valence-corrected chi connectivity index (χ3v) is 3.97. The van der Waals surface area contributed by atoms with Crippen molar-refractivity contribution in [1.82, 2.24) is 5.32 Å². The van der Waals surface area contributed by atoms with Gasteiger partial charge in [0.2, 0.25) is 5.91 Å². The quantitative estimate of drug-likeness (QED) is 0.849. The van der Waals surface area contributed by atoms with E-state index in [1.165, 1.54) is 11.1 Å². The van der Waals surface area contributed by atoms with Crippen LogP contribution >= 0.6 is 15.9 Å². The minimum atomic E-state index is 0.0706. The molecule has 0 aliphatic heterocycles. The first-order chi connectivity index (χ1) is 8.72. The largest absolute Gasteiger partial charge is 0.381 e. The van der Waals surface area contributed by atoms with Gasteiger partial charge in [-0.25, -0.2) is 0 Å². The van der Waals surface area contributed by atoms with Gasteiger partial charge in [0, 0.05) is 17.5 Å². The van der Waals surface area contributed by atoms with Crippen LogP contribution in [0, 0.1) is 0 Å². The van der Waals surface area contributed by atoms with Crippen LogP contribution in [-0.4, -0.2) is 19.1 Å². The monoisotopic (exact) mass is 311 g/mol. The van der Waals surface area contributed by atoms with Crippen LogP contribution in [0.25, 0.3) is 0 Å². The molecule has 18 heavy (non-hydrogen) atoms. The summed E-state index contributed by atoms with van der Waals surface area (Å²) in [6, 6.07) is 6.33. The van der Waals surface area contributed by atoms with Gasteiger partial charge >= 0.3 is 0 Å². The molecular weight excluding hydrogens is 294 g/mol. The van der Waals surface area contributed by atoms with E-state index in [1.54, 1.807) is 0 Å². The van der Waals surface area contributed by atoms with Gasteiger partial charge in [-0.15, -0.1) is 0 Å². The van der Waals surface area contributed by atoms with E-state index in [-0.39, 0.29) is 11.9 Å². The number of halogens is 1. The molecule has 1 aromatic rings. The summed E-state index contributed by atoms with van der Waals surface area (Å²) in [6.45, 7) is 3.09. The lowest BCUT2D eigenvalue weighted by Crippen LogP contribution is -2.27. The Morgan fingerprint density at radius 1 is 1.56 bits per heavy atom. The minimum Gasteiger partial charge on any atom is -0.381 e. The summed E-state index contributed by atoms with van der Waals surface area (Å²) in [5.41, 5.74) is 2.57. The Balaban J connectivity index is 1.93. The number of carbonyl (C=O) groups excluding carboxylic acids is 1. The molecule has 3 nitrogen and oxygen atoms in total. The third kappa shape index (κ3) is 3.12. The second-order valence-corrected chi connectivity index (χ2v) is 5.27. The van der Waals surface area contributed by atoms with E-state index >= 15 is 0 Å². The van der Waals surface area contributed by atoms with Gasteiger partial charge in [-0.05, 0) is 37.0 Å². The predicted octanol–water partition coefficient (Wildman–Crippen LogP) is 2.98. The molecule has 2 rings (SSSR count). The van der Waals surface area contributed by atoms with Gasteiger partial charge in [0.25, 0.3) is 0 Å². The standard InChI is InChI=1S/C14H18BrNO2/c1-2-18-9-8-14(17)16-13-7-6-10-11(13)4-3-5-12(10)15/h3-5,13H,2,6-9H2,1H3,(H,16,17)/t13-/m1/s1. The van der Waals surface area contributed by atoms with Crippen molar-refractivity contribution in [2.24, 2.45) is 0 Å². The van der Waals surface area contributed by atoms with Crippen molar-refractivity contribution in [2.75, 3.05) is 13.2 Å². The van der Waals surface area contributed by atoms with Crippen molar-refractivity contribution in [2.45, 2.75) is 32.2 Å². The predicted molar refractivity (Wildman–Crippen MR) is 74.5 cm³/mol.